The first-order valence-electron chi connectivity index (χ1n) is 10.7. The molecule has 0 radical (unpaired) electrons. The number of aryl methyl sites for hydroxylation is 3. The number of ether oxygens (including phenoxy) is 1. The lowest BCUT2D eigenvalue weighted by Crippen LogP contribution is -2.12. The molecule has 6 heteroatoms. The van der Waals surface area contributed by atoms with E-state index >= 15 is 0 Å². The van der Waals surface area contributed by atoms with Crippen LogP contribution in [0.1, 0.15) is 30.0 Å². The molecule has 0 saturated carbocycles. The summed E-state index contributed by atoms with van der Waals surface area (Å²) in [7, 11) is -2.26. The van der Waals surface area contributed by atoms with Gasteiger partial charge < -0.3 is 10.1 Å². The molecule has 0 amide bonds. The van der Waals surface area contributed by atoms with Gasteiger partial charge in [0.15, 0.2) is 0 Å². The van der Waals surface area contributed by atoms with Crippen LogP contribution in [0, 0.1) is 13.8 Å². The molecule has 0 aliphatic rings. The van der Waals surface area contributed by atoms with E-state index < -0.39 is 10.0 Å². The lowest BCUT2D eigenvalue weighted by molar-refractivity contribution is 0.413. The number of methoxy groups -OCH3 is 1. The Labute approximate surface area is 189 Å². The summed E-state index contributed by atoms with van der Waals surface area (Å²) >= 11 is 0. The number of benzene rings is 3. The van der Waals surface area contributed by atoms with Crippen LogP contribution >= 0.6 is 0 Å². The molecule has 0 atom stereocenters. The first-order chi connectivity index (χ1) is 15.3. The van der Waals surface area contributed by atoms with Crippen LogP contribution < -0.4 is 10.1 Å². The van der Waals surface area contributed by atoms with Crippen molar-refractivity contribution in [3.8, 4) is 5.75 Å². The van der Waals surface area contributed by atoms with E-state index in [-0.39, 0.29) is 4.90 Å². The van der Waals surface area contributed by atoms with E-state index in [1.807, 2.05) is 24.3 Å². The van der Waals surface area contributed by atoms with E-state index in [4.69, 9.17) is 4.74 Å². The van der Waals surface area contributed by atoms with Crippen LogP contribution in [-0.2, 0) is 16.4 Å². The molecule has 1 N–H and O–H groups in total. The van der Waals surface area contributed by atoms with Crippen molar-refractivity contribution < 1.29 is 13.2 Å². The predicted molar refractivity (Wildman–Crippen MR) is 131 cm³/mol. The molecule has 0 saturated heterocycles. The molecule has 4 rings (SSSR count). The molecule has 0 bridgehead atoms. The van der Waals surface area contributed by atoms with Crippen molar-refractivity contribution in [1.82, 2.24) is 3.97 Å². The predicted octanol–water partition coefficient (Wildman–Crippen LogP) is 6.20. The first kappa shape index (κ1) is 22.0. The van der Waals surface area contributed by atoms with Crippen LogP contribution in [-0.4, -0.2) is 19.5 Å². The van der Waals surface area contributed by atoms with Gasteiger partial charge in [-0.05, 0) is 61.7 Å². The molecule has 1 aromatic heterocycles. The van der Waals surface area contributed by atoms with Crippen molar-refractivity contribution in [2.45, 2.75) is 38.5 Å². The second-order valence-corrected chi connectivity index (χ2v) is 9.87. The van der Waals surface area contributed by atoms with Crippen molar-refractivity contribution in [2.75, 3.05) is 12.4 Å². The van der Waals surface area contributed by atoms with Crippen LogP contribution in [0.15, 0.2) is 71.8 Å². The number of rotatable bonds is 7. The van der Waals surface area contributed by atoms with Crippen LogP contribution in [0.4, 0.5) is 11.4 Å². The average Bonchev–Trinajstić information content (AvgIpc) is 3.14. The molecular formula is C26H28N2O3S. The lowest BCUT2D eigenvalue weighted by Gasteiger charge is -2.12. The van der Waals surface area contributed by atoms with Crippen LogP contribution in [0.25, 0.3) is 10.9 Å². The third-order valence-electron chi connectivity index (χ3n) is 5.63. The number of fused-ring (bicyclic) bond motifs is 1. The quantitative estimate of drug-likeness (QED) is 0.366. The smallest absolute Gasteiger partial charge is 0.268 e. The normalized spacial score (nSPS) is 11.6. The Hall–Kier alpha value is -3.25. The van der Waals surface area contributed by atoms with E-state index in [2.05, 4.69) is 38.2 Å². The second kappa shape index (κ2) is 8.71. The highest BCUT2D eigenvalue weighted by molar-refractivity contribution is 7.90. The molecule has 0 aliphatic heterocycles. The third-order valence-corrected chi connectivity index (χ3v) is 7.30. The standard InChI is InChI=1S/C26H28N2O3S/c1-5-7-20-17-28(32(29,30)23-9-6-8-22(16-23)31-4)26-15-21(11-12-24(20)26)27-25-13-10-18(2)14-19(25)3/h6,8-17,27H,5,7H2,1-4H3. The highest BCUT2D eigenvalue weighted by Gasteiger charge is 2.22. The van der Waals surface area contributed by atoms with Crippen molar-refractivity contribution in [3.63, 3.8) is 0 Å². The van der Waals surface area contributed by atoms with E-state index in [1.165, 1.54) is 16.6 Å². The topological polar surface area (TPSA) is 60.3 Å². The SMILES string of the molecule is CCCc1cn(S(=O)(=O)c2cccc(OC)c2)c2cc(Nc3ccc(C)cc3C)ccc12. The fraction of sp³-hybridized carbons (Fsp3) is 0.231. The Morgan fingerprint density at radius 1 is 1.00 bits per heavy atom. The van der Waals surface area contributed by atoms with Gasteiger partial charge in [0.05, 0.1) is 17.5 Å². The van der Waals surface area contributed by atoms with Crippen molar-refractivity contribution in [2.24, 2.45) is 0 Å². The van der Waals surface area contributed by atoms with E-state index in [9.17, 15) is 8.42 Å². The second-order valence-electron chi connectivity index (χ2n) is 8.06. The fourth-order valence-corrected chi connectivity index (χ4v) is 5.41. The number of aromatic nitrogens is 1. The van der Waals surface area contributed by atoms with E-state index in [0.29, 0.717) is 11.3 Å². The Balaban J connectivity index is 1.85. The third kappa shape index (κ3) is 4.10. The Kier molecular flexibility index (Phi) is 5.98. The maximum atomic E-state index is 13.6. The minimum atomic E-state index is -3.79. The van der Waals surface area contributed by atoms with Crippen molar-refractivity contribution >= 4 is 32.3 Å². The zero-order valence-electron chi connectivity index (χ0n) is 18.8. The summed E-state index contributed by atoms with van der Waals surface area (Å²) in [5.74, 6) is 0.508. The van der Waals surface area contributed by atoms with Crippen LogP contribution in [0.2, 0.25) is 0 Å². The van der Waals surface area contributed by atoms with Gasteiger partial charge in [-0.15, -0.1) is 0 Å². The van der Waals surface area contributed by atoms with Gasteiger partial charge >= 0.3 is 0 Å². The van der Waals surface area contributed by atoms with Gasteiger partial charge in [0.1, 0.15) is 5.75 Å². The molecular weight excluding hydrogens is 420 g/mol. The molecule has 1 heterocycles. The number of hydrogen-bond acceptors (Lipinski definition) is 4. The first-order valence-corrected chi connectivity index (χ1v) is 12.2. The molecule has 32 heavy (non-hydrogen) atoms. The zero-order valence-corrected chi connectivity index (χ0v) is 19.7. The van der Waals surface area contributed by atoms with Crippen molar-refractivity contribution in [1.29, 1.82) is 0 Å². The summed E-state index contributed by atoms with van der Waals surface area (Å²) in [6.45, 7) is 6.22. The number of nitrogens with zero attached hydrogens (tertiary/aromatic N) is 1. The fourth-order valence-electron chi connectivity index (χ4n) is 4.00. The molecule has 166 valence electrons. The summed E-state index contributed by atoms with van der Waals surface area (Å²) in [6, 6.07) is 18.7. The van der Waals surface area contributed by atoms with Crippen LogP contribution in [0.5, 0.6) is 5.75 Å². The molecule has 3 aromatic carbocycles. The van der Waals surface area contributed by atoms with Gasteiger partial charge in [-0.2, -0.15) is 0 Å². The summed E-state index contributed by atoms with van der Waals surface area (Å²) < 4.78 is 33.8. The minimum absolute atomic E-state index is 0.199. The Bertz CT molecular complexity index is 1390. The number of nitrogens with one attached hydrogen (secondary N) is 1. The molecule has 4 aromatic rings. The Morgan fingerprint density at radius 3 is 2.53 bits per heavy atom. The molecule has 0 fully saturated rings. The van der Waals surface area contributed by atoms with Gasteiger partial charge in [-0.25, -0.2) is 12.4 Å². The van der Waals surface area contributed by atoms with Gasteiger partial charge in [0.25, 0.3) is 10.0 Å². The van der Waals surface area contributed by atoms with Gasteiger partial charge in [-0.1, -0.05) is 43.2 Å². The maximum absolute atomic E-state index is 13.6. The largest absolute Gasteiger partial charge is 0.497 e. The lowest BCUT2D eigenvalue weighted by atomic mass is 10.1. The minimum Gasteiger partial charge on any atom is -0.497 e. The van der Waals surface area contributed by atoms with Gasteiger partial charge in [-0.3, -0.25) is 0 Å². The molecule has 5 nitrogen and oxygen atoms in total. The Morgan fingerprint density at radius 2 is 1.81 bits per heavy atom. The summed E-state index contributed by atoms with van der Waals surface area (Å²) in [4.78, 5) is 0.199. The van der Waals surface area contributed by atoms with E-state index in [0.717, 1.165) is 40.7 Å². The van der Waals surface area contributed by atoms with Crippen molar-refractivity contribution in [3.05, 3.63) is 83.6 Å². The monoisotopic (exact) mass is 448 g/mol. The highest BCUT2D eigenvalue weighted by atomic mass is 32.2. The number of anilines is 2. The number of hydrogen-bond donors (Lipinski definition) is 1. The van der Waals surface area contributed by atoms with Crippen LogP contribution in [0.3, 0.4) is 0 Å². The van der Waals surface area contributed by atoms with Gasteiger partial charge in [0.2, 0.25) is 0 Å². The molecule has 0 spiro atoms. The summed E-state index contributed by atoms with van der Waals surface area (Å²) in [6.07, 6.45) is 3.49. The summed E-state index contributed by atoms with van der Waals surface area (Å²) in [5, 5.41) is 4.39. The highest BCUT2D eigenvalue weighted by Crippen LogP contribution is 2.31. The molecule has 0 aliphatic carbocycles. The average molecular weight is 449 g/mol. The van der Waals surface area contributed by atoms with Gasteiger partial charge in [0, 0.05) is 29.0 Å². The van der Waals surface area contributed by atoms with E-state index in [1.54, 1.807) is 30.5 Å². The summed E-state index contributed by atoms with van der Waals surface area (Å²) in [5.41, 5.74) is 5.85. The molecule has 0 unspecified atom stereocenters. The zero-order chi connectivity index (χ0) is 22.9. The maximum Gasteiger partial charge on any atom is 0.268 e.